The summed E-state index contributed by atoms with van der Waals surface area (Å²) in [7, 11) is 0. The molecule has 1 heterocycles. The van der Waals surface area contributed by atoms with Gasteiger partial charge in [0.25, 0.3) is 0 Å². The van der Waals surface area contributed by atoms with Gasteiger partial charge in [-0.3, -0.25) is 14.8 Å². The second-order valence-corrected chi connectivity index (χ2v) is 8.35. The second-order valence-electron chi connectivity index (χ2n) is 7.35. The predicted octanol–water partition coefficient (Wildman–Crippen LogP) is 4.93. The van der Waals surface area contributed by atoms with Crippen LogP contribution in [0.1, 0.15) is 30.6 Å². The number of carbonyl (C=O) groups excluding carboxylic acids is 1. The second kappa shape index (κ2) is 8.62. The zero-order valence-corrected chi connectivity index (χ0v) is 17.1. The molecule has 0 radical (unpaired) electrons. The van der Waals surface area contributed by atoms with Gasteiger partial charge in [0.2, 0.25) is 0 Å². The first-order valence-corrected chi connectivity index (χ1v) is 9.83. The van der Waals surface area contributed by atoms with Gasteiger partial charge in [-0.15, -0.1) is 0 Å². The third-order valence-electron chi connectivity index (χ3n) is 4.54. The number of carboxylic acid groups (broad SMARTS) is 1. The molecule has 0 bridgehead atoms. The number of benzene rings is 2. The van der Waals surface area contributed by atoms with Crippen molar-refractivity contribution in [2.75, 3.05) is 10.5 Å². The van der Waals surface area contributed by atoms with Gasteiger partial charge in [0.05, 0.1) is 11.6 Å². The van der Waals surface area contributed by atoms with Gasteiger partial charge in [-0.25, -0.2) is 4.98 Å². The van der Waals surface area contributed by atoms with E-state index in [0.29, 0.717) is 10.7 Å². The van der Waals surface area contributed by atoms with Gasteiger partial charge < -0.3 is 20.9 Å². The van der Waals surface area contributed by atoms with E-state index < -0.39 is 11.4 Å². The van der Waals surface area contributed by atoms with Crippen LogP contribution in [0, 0.1) is 10.6 Å². The lowest BCUT2D eigenvalue weighted by molar-refractivity contribution is -0.146. The summed E-state index contributed by atoms with van der Waals surface area (Å²) < 4.78 is 0. The number of thiazole rings is 1. The molecule has 3 aromatic rings. The van der Waals surface area contributed by atoms with E-state index in [1.807, 2.05) is 36.4 Å². The highest BCUT2D eigenvalue weighted by Gasteiger charge is 2.30. The van der Waals surface area contributed by atoms with Crippen LogP contribution < -0.4 is 10.5 Å². The Balaban J connectivity index is 1.67. The summed E-state index contributed by atoms with van der Waals surface area (Å²) in [6.07, 6.45) is 1.20. The fraction of sp³-hybridized carbons (Fsp3) is 0.190. The standard InChI is InChI=1S/C21H20N3O5S/c1-21(2,19(26)27)11-17(25)15-5-3-13(4-6-15)14-7-9-16(10-8-14)23-20-22-12-18(30-20)24(28)29/h3-10,12,28H,11H2,1-2H3,(H,22,23)(H,26,27)/q-1. The molecule has 3 N–H and O–H groups in total. The van der Waals surface area contributed by atoms with Gasteiger partial charge in [-0.2, -0.15) is 0 Å². The highest BCUT2D eigenvalue weighted by Crippen LogP contribution is 2.29. The van der Waals surface area contributed by atoms with Crippen LogP contribution in [0.4, 0.5) is 15.8 Å². The van der Waals surface area contributed by atoms with Crippen molar-refractivity contribution >= 4 is 38.9 Å². The van der Waals surface area contributed by atoms with Crippen LogP contribution in [-0.2, 0) is 4.79 Å². The van der Waals surface area contributed by atoms with Crippen molar-refractivity contribution in [3.05, 3.63) is 65.5 Å². The van der Waals surface area contributed by atoms with Crippen LogP contribution in [0.3, 0.4) is 0 Å². The molecular formula is C21H20N3O5S-. The summed E-state index contributed by atoms with van der Waals surface area (Å²) in [5.41, 5.74) is 1.97. The third kappa shape index (κ3) is 5.01. The Morgan fingerprint density at radius 3 is 2.17 bits per heavy atom. The van der Waals surface area contributed by atoms with Crippen LogP contribution in [-0.4, -0.2) is 27.1 Å². The van der Waals surface area contributed by atoms with E-state index in [9.17, 15) is 19.9 Å². The average molecular weight is 426 g/mol. The summed E-state index contributed by atoms with van der Waals surface area (Å²) in [6, 6.07) is 14.5. The van der Waals surface area contributed by atoms with Gasteiger partial charge in [0.1, 0.15) is 5.00 Å². The molecule has 0 aliphatic rings. The first-order valence-electron chi connectivity index (χ1n) is 9.02. The van der Waals surface area contributed by atoms with Crippen LogP contribution in [0.25, 0.3) is 11.1 Å². The molecular weight excluding hydrogens is 406 g/mol. The number of aromatic nitrogens is 1. The zero-order chi connectivity index (χ0) is 21.9. The maximum Gasteiger partial charge on any atom is 0.309 e. The van der Waals surface area contributed by atoms with Crippen LogP contribution >= 0.6 is 11.3 Å². The highest BCUT2D eigenvalue weighted by atomic mass is 32.1. The van der Waals surface area contributed by atoms with E-state index in [1.54, 1.807) is 12.1 Å². The number of carboxylic acids is 1. The number of carbonyl (C=O) groups is 2. The maximum absolute atomic E-state index is 12.4. The summed E-state index contributed by atoms with van der Waals surface area (Å²) >= 11 is 1.02. The number of ketones is 1. The number of aliphatic carboxylic acids is 1. The molecule has 30 heavy (non-hydrogen) atoms. The Morgan fingerprint density at radius 2 is 1.67 bits per heavy atom. The SMILES string of the molecule is CC(C)(CC(=O)c1ccc(-c2ccc(Nc3ncc(N([O-])O)s3)cc2)cc1)C(=O)O. The monoisotopic (exact) mass is 426 g/mol. The number of hydrogen-bond acceptors (Lipinski definition) is 8. The number of hydrogen-bond donors (Lipinski definition) is 3. The molecule has 8 nitrogen and oxygen atoms in total. The van der Waals surface area contributed by atoms with E-state index in [2.05, 4.69) is 10.3 Å². The normalized spacial score (nSPS) is 11.2. The van der Waals surface area contributed by atoms with Crippen molar-refractivity contribution < 1.29 is 19.9 Å². The van der Waals surface area contributed by atoms with E-state index >= 15 is 0 Å². The molecule has 3 rings (SSSR count). The summed E-state index contributed by atoms with van der Waals surface area (Å²) in [5, 5.41) is 32.3. The lowest BCUT2D eigenvalue weighted by Gasteiger charge is -2.17. The predicted molar refractivity (Wildman–Crippen MR) is 115 cm³/mol. The first kappa shape index (κ1) is 21.4. The Labute approximate surface area is 177 Å². The number of rotatable bonds is 8. The number of anilines is 3. The number of Topliss-reactive ketones (excluding diaryl/α,β-unsaturated/α-hetero) is 1. The average Bonchev–Trinajstić information content (AvgIpc) is 3.17. The fourth-order valence-electron chi connectivity index (χ4n) is 2.71. The van der Waals surface area contributed by atoms with Crippen molar-refractivity contribution in [1.29, 1.82) is 0 Å². The van der Waals surface area contributed by atoms with Crippen molar-refractivity contribution in [2.24, 2.45) is 5.41 Å². The van der Waals surface area contributed by atoms with Crippen LogP contribution in [0.5, 0.6) is 0 Å². The molecule has 0 aliphatic carbocycles. The molecule has 0 spiro atoms. The molecule has 0 aliphatic heterocycles. The Hall–Kier alpha value is -3.27. The van der Waals surface area contributed by atoms with E-state index in [-0.39, 0.29) is 22.4 Å². The quantitative estimate of drug-likeness (QED) is 0.342. The molecule has 0 amide bonds. The van der Waals surface area contributed by atoms with Crippen molar-refractivity contribution in [3.8, 4) is 11.1 Å². The van der Waals surface area contributed by atoms with Gasteiger partial charge in [0, 0.05) is 17.7 Å². The van der Waals surface area contributed by atoms with Gasteiger partial charge in [-0.05, 0) is 37.1 Å². The van der Waals surface area contributed by atoms with Crippen molar-refractivity contribution in [3.63, 3.8) is 0 Å². The molecule has 0 unspecified atom stereocenters. The molecule has 0 saturated heterocycles. The van der Waals surface area contributed by atoms with Crippen molar-refractivity contribution in [1.82, 2.24) is 4.98 Å². The lowest BCUT2D eigenvalue weighted by Crippen LogP contribution is -2.26. The van der Waals surface area contributed by atoms with Crippen molar-refractivity contribution in [2.45, 2.75) is 20.3 Å². The number of nitrogens with one attached hydrogen (secondary N) is 1. The minimum atomic E-state index is -1.11. The minimum absolute atomic E-state index is 0.0686. The van der Waals surface area contributed by atoms with Crippen LogP contribution in [0.15, 0.2) is 54.7 Å². The van der Waals surface area contributed by atoms with E-state index in [4.69, 9.17) is 5.21 Å². The molecule has 9 heteroatoms. The molecule has 0 atom stereocenters. The minimum Gasteiger partial charge on any atom is -0.733 e. The summed E-state index contributed by atoms with van der Waals surface area (Å²) in [5.74, 6) is -1.22. The summed E-state index contributed by atoms with van der Waals surface area (Å²) in [4.78, 5) is 27.6. The largest absolute Gasteiger partial charge is 0.733 e. The van der Waals surface area contributed by atoms with Gasteiger partial charge in [-0.1, -0.05) is 47.7 Å². The Bertz CT molecular complexity index is 1040. The van der Waals surface area contributed by atoms with E-state index in [1.165, 1.54) is 20.0 Å². The smallest absolute Gasteiger partial charge is 0.309 e. The fourth-order valence-corrected chi connectivity index (χ4v) is 3.36. The summed E-state index contributed by atoms with van der Waals surface area (Å²) in [6.45, 7) is 3.06. The highest BCUT2D eigenvalue weighted by molar-refractivity contribution is 7.19. The molecule has 0 fully saturated rings. The molecule has 0 saturated carbocycles. The van der Waals surface area contributed by atoms with E-state index in [0.717, 1.165) is 28.2 Å². The Morgan fingerprint density at radius 1 is 1.10 bits per heavy atom. The third-order valence-corrected chi connectivity index (χ3v) is 5.41. The lowest BCUT2D eigenvalue weighted by atomic mass is 9.85. The van der Waals surface area contributed by atoms with Gasteiger partial charge in [0.15, 0.2) is 10.9 Å². The first-order chi connectivity index (χ1) is 14.2. The Kier molecular flexibility index (Phi) is 6.16. The van der Waals surface area contributed by atoms with Gasteiger partial charge >= 0.3 is 5.97 Å². The van der Waals surface area contributed by atoms with Crippen LogP contribution in [0.2, 0.25) is 0 Å². The topological polar surface area (TPSA) is 126 Å². The number of nitrogens with zero attached hydrogens (tertiary/aromatic N) is 2. The molecule has 156 valence electrons. The molecule has 1 aromatic heterocycles. The molecule has 2 aromatic carbocycles. The maximum atomic E-state index is 12.4. The zero-order valence-electron chi connectivity index (χ0n) is 16.3.